The molecule has 1 N–H and O–H groups in total. The average molecular weight is 350 g/mol. The number of carbonyl (C=O) groups excluding carboxylic acids is 1. The van der Waals surface area contributed by atoms with E-state index < -0.39 is 34.6 Å². The highest BCUT2D eigenvalue weighted by atomic mass is 16.5. The number of carbonyl (C=O) groups is 2. The van der Waals surface area contributed by atoms with Crippen molar-refractivity contribution in [3.63, 3.8) is 0 Å². The van der Waals surface area contributed by atoms with Crippen molar-refractivity contribution in [2.75, 3.05) is 6.61 Å². The number of benzene rings is 2. The van der Waals surface area contributed by atoms with Crippen molar-refractivity contribution in [2.45, 2.75) is 31.6 Å². The van der Waals surface area contributed by atoms with Crippen molar-refractivity contribution in [2.24, 2.45) is 11.8 Å². The molecule has 0 aromatic heterocycles. The van der Waals surface area contributed by atoms with E-state index in [0.29, 0.717) is 0 Å². The lowest BCUT2D eigenvalue weighted by Crippen LogP contribution is -2.62. The molecular formula is C22H22O4. The van der Waals surface area contributed by atoms with Crippen LogP contribution in [-0.4, -0.2) is 23.7 Å². The van der Waals surface area contributed by atoms with Crippen molar-refractivity contribution >= 4 is 11.9 Å². The van der Waals surface area contributed by atoms with Gasteiger partial charge in [0.15, 0.2) is 0 Å². The summed E-state index contributed by atoms with van der Waals surface area (Å²) in [6.45, 7) is 5.92. The molecule has 3 aliphatic carbocycles. The molecule has 2 aromatic rings. The maximum Gasteiger partial charge on any atom is 0.311 e. The molecule has 0 spiro atoms. The highest BCUT2D eigenvalue weighted by molar-refractivity contribution is 5.89. The second-order valence-electron chi connectivity index (χ2n) is 7.54. The molecule has 0 saturated heterocycles. The molecule has 4 nitrogen and oxygen atoms in total. The Morgan fingerprint density at radius 2 is 1.27 bits per heavy atom. The third kappa shape index (κ3) is 1.79. The van der Waals surface area contributed by atoms with E-state index in [0.717, 1.165) is 22.3 Å². The quantitative estimate of drug-likeness (QED) is 0.861. The Hall–Kier alpha value is -2.62. The van der Waals surface area contributed by atoms with Crippen LogP contribution in [0.1, 0.15) is 43.0 Å². The van der Waals surface area contributed by atoms with Crippen LogP contribution in [0.5, 0.6) is 0 Å². The molecule has 0 radical (unpaired) electrons. The topological polar surface area (TPSA) is 63.6 Å². The smallest absolute Gasteiger partial charge is 0.311 e. The minimum Gasteiger partial charge on any atom is -0.481 e. The van der Waals surface area contributed by atoms with Gasteiger partial charge in [-0.2, -0.15) is 0 Å². The predicted octanol–water partition coefficient (Wildman–Crippen LogP) is 3.51. The molecular weight excluding hydrogens is 328 g/mol. The molecule has 134 valence electrons. The molecule has 0 aliphatic heterocycles. The van der Waals surface area contributed by atoms with E-state index in [1.54, 1.807) is 6.92 Å². The molecule has 5 rings (SSSR count). The van der Waals surface area contributed by atoms with Crippen LogP contribution in [0.4, 0.5) is 0 Å². The van der Waals surface area contributed by atoms with Crippen LogP contribution in [0.2, 0.25) is 0 Å². The Labute approximate surface area is 152 Å². The van der Waals surface area contributed by atoms with E-state index in [2.05, 4.69) is 0 Å². The summed E-state index contributed by atoms with van der Waals surface area (Å²) in [5.74, 6) is -3.04. The van der Waals surface area contributed by atoms with E-state index in [9.17, 15) is 14.7 Å². The summed E-state index contributed by atoms with van der Waals surface area (Å²) in [6, 6.07) is 15.8. The van der Waals surface area contributed by atoms with Gasteiger partial charge in [0.1, 0.15) is 0 Å². The van der Waals surface area contributed by atoms with E-state index in [-0.39, 0.29) is 6.61 Å². The maximum absolute atomic E-state index is 13.0. The van der Waals surface area contributed by atoms with Gasteiger partial charge < -0.3 is 9.84 Å². The molecule has 2 atom stereocenters. The van der Waals surface area contributed by atoms with E-state index in [1.165, 1.54) is 0 Å². The monoisotopic (exact) mass is 350 g/mol. The van der Waals surface area contributed by atoms with Crippen molar-refractivity contribution in [1.29, 1.82) is 0 Å². The zero-order valence-electron chi connectivity index (χ0n) is 15.2. The SMILES string of the molecule is CCOC(=O)C1C(C(=O)O)C2(C)c3ccccc3C1(C)c1ccccc12. The van der Waals surface area contributed by atoms with Crippen LogP contribution in [0.3, 0.4) is 0 Å². The van der Waals surface area contributed by atoms with Crippen molar-refractivity contribution in [1.82, 2.24) is 0 Å². The van der Waals surface area contributed by atoms with Gasteiger partial charge in [0.05, 0.1) is 18.4 Å². The molecule has 0 heterocycles. The Kier molecular flexibility index (Phi) is 3.52. The van der Waals surface area contributed by atoms with Crippen molar-refractivity contribution in [3.05, 3.63) is 70.8 Å². The molecule has 0 fully saturated rings. The Morgan fingerprint density at radius 3 is 1.62 bits per heavy atom. The fourth-order valence-electron chi connectivity index (χ4n) is 5.40. The normalized spacial score (nSPS) is 31.0. The van der Waals surface area contributed by atoms with Crippen LogP contribution >= 0.6 is 0 Å². The fourth-order valence-corrected chi connectivity index (χ4v) is 5.40. The number of esters is 1. The van der Waals surface area contributed by atoms with Gasteiger partial charge in [-0.1, -0.05) is 62.4 Å². The Morgan fingerprint density at radius 1 is 0.885 bits per heavy atom. The summed E-state index contributed by atoms with van der Waals surface area (Å²) in [6.07, 6.45) is 0. The molecule has 0 amide bonds. The van der Waals surface area contributed by atoms with Crippen LogP contribution in [-0.2, 0) is 25.2 Å². The first-order valence-electron chi connectivity index (χ1n) is 8.97. The molecule has 26 heavy (non-hydrogen) atoms. The second-order valence-corrected chi connectivity index (χ2v) is 7.54. The van der Waals surface area contributed by atoms with Gasteiger partial charge in [0, 0.05) is 10.8 Å². The van der Waals surface area contributed by atoms with Gasteiger partial charge in [0.2, 0.25) is 0 Å². The zero-order chi connectivity index (χ0) is 18.7. The van der Waals surface area contributed by atoms with Crippen molar-refractivity contribution < 1.29 is 19.4 Å². The summed E-state index contributed by atoms with van der Waals surface area (Å²) in [4.78, 5) is 25.4. The number of hydrogen-bond donors (Lipinski definition) is 1. The highest BCUT2D eigenvalue weighted by Crippen LogP contribution is 2.64. The molecule has 2 unspecified atom stereocenters. The lowest BCUT2D eigenvalue weighted by atomic mass is 9.42. The van der Waals surface area contributed by atoms with Gasteiger partial charge in [-0.05, 0) is 29.2 Å². The van der Waals surface area contributed by atoms with E-state index >= 15 is 0 Å². The van der Waals surface area contributed by atoms with Crippen molar-refractivity contribution in [3.8, 4) is 0 Å². The zero-order valence-corrected chi connectivity index (χ0v) is 15.2. The van der Waals surface area contributed by atoms with Crippen LogP contribution in [0, 0.1) is 11.8 Å². The van der Waals surface area contributed by atoms with E-state index in [4.69, 9.17) is 4.74 Å². The standard InChI is InChI=1S/C22H22O4/c1-4-26-20(25)18-17(19(23)24)21(2)13-9-5-7-11-15(13)22(18,3)16-12-8-6-10-14(16)21/h5-12,17-18H,4H2,1-3H3,(H,23,24). The number of carboxylic acids is 1. The molecule has 2 aromatic carbocycles. The van der Waals surface area contributed by atoms with E-state index in [1.807, 2.05) is 62.4 Å². The lowest BCUT2D eigenvalue weighted by Gasteiger charge is -2.59. The molecule has 3 aliphatic rings. The minimum atomic E-state index is -0.958. The molecule has 0 saturated carbocycles. The summed E-state index contributed by atoms with van der Waals surface area (Å²) in [5.41, 5.74) is 2.52. The molecule has 2 bridgehead atoms. The maximum atomic E-state index is 13.0. The first kappa shape index (κ1) is 16.8. The first-order valence-corrected chi connectivity index (χ1v) is 8.97. The van der Waals surface area contributed by atoms with Gasteiger partial charge in [0.25, 0.3) is 0 Å². The van der Waals surface area contributed by atoms with Gasteiger partial charge >= 0.3 is 11.9 Å². The fraction of sp³-hybridized carbons (Fsp3) is 0.364. The Balaban J connectivity index is 2.13. The third-order valence-electron chi connectivity index (χ3n) is 6.48. The largest absolute Gasteiger partial charge is 0.481 e. The number of ether oxygens (including phenoxy) is 1. The number of hydrogen-bond acceptors (Lipinski definition) is 3. The van der Waals surface area contributed by atoms with Crippen LogP contribution in [0.15, 0.2) is 48.5 Å². The van der Waals surface area contributed by atoms with Gasteiger partial charge in [-0.3, -0.25) is 9.59 Å². The predicted molar refractivity (Wildman–Crippen MR) is 97.0 cm³/mol. The Bertz CT molecular complexity index is 866. The average Bonchev–Trinajstić information content (AvgIpc) is 2.63. The lowest BCUT2D eigenvalue weighted by molar-refractivity contribution is -0.164. The number of rotatable bonds is 3. The molecule has 4 heteroatoms. The summed E-state index contributed by atoms with van der Waals surface area (Å²) >= 11 is 0. The van der Waals surface area contributed by atoms with Gasteiger partial charge in [-0.15, -0.1) is 0 Å². The number of aliphatic carboxylic acids is 1. The third-order valence-corrected chi connectivity index (χ3v) is 6.48. The van der Waals surface area contributed by atoms with Gasteiger partial charge in [-0.25, -0.2) is 0 Å². The summed E-state index contributed by atoms with van der Waals surface area (Å²) < 4.78 is 5.35. The van der Waals surface area contributed by atoms with Crippen LogP contribution < -0.4 is 0 Å². The number of fused-ring (bicyclic) bond motifs is 1. The van der Waals surface area contributed by atoms with Crippen LogP contribution in [0.25, 0.3) is 0 Å². The summed E-state index contributed by atoms with van der Waals surface area (Å²) in [7, 11) is 0. The minimum absolute atomic E-state index is 0.234. The first-order chi connectivity index (χ1) is 12.4. The summed E-state index contributed by atoms with van der Waals surface area (Å²) in [5, 5.41) is 10.2. The number of carboxylic acid groups (broad SMARTS) is 1. The second kappa shape index (κ2) is 5.44. The highest BCUT2D eigenvalue weighted by Gasteiger charge is 2.66.